The van der Waals surface area contributed by atoms with E-state index >= 15 is 0 Å². The van der Waals surface area contributed by atoms with Gasteiger partial charge in [0.1, 0.15) is 11.2 Å². The Bertz CT molecular complexity index is 306. The molecule has 0 aromatic heterocycles. The highest BCUT2D eigenvalue weighted by Gasteiger charge is 1.99. The zero-order chi connectivity index (χ0) is 8.27. The fraction of sp³-hybridized carbons (Fsp3) is 0. The van der Waals surface area contributed by atoms with Crippen LogP contribution in [0, 0.1) is 10.7 Å². The first-order valence-corrected chi connectivity index (χ1v) is 3.70. The molecule has 0 atom stereocenters. The Labute approximate surface area is 68.4 Å². The van der Waals surface area contributed by atoms with E-state index in [0.29, 0.717) is 10.6 Å². The number of benzene rings is 1. The molecule has 0 radical (unpaired) electrons. The maximum atomic E-state index is 8.99. The van der Waals surface area contributed by atoms with Gasteiger partial charge in [0, 0.05) is 10.6 Å². The largest absolute Gasteiger partial charge is 0.508 e. The normalized spacial score (nSPS) is 9.00. The number of nitrogens with two attached hydrogens (primary N) is 1. The number of phenols is 1. The molecule has 1 rings (SSSR count). The minimum Gasteiger partial charge on any atom is -0.508 e. The number of phenolic OH excluding ortho intramolecular Hbond substituents is 1. The van der Waals surface area contributed by atoms with Crippen LogP contribution in [0.5, 0.6) is 5.75 Å². The quantitative estimate of drug-likeness (QED) is 0.287. The smallest absolute Gasteiger partial charge is 0.138 e. The SMILES string of the molecule is N#CSc1cc(O)ccc1N. The van der Waals surface area contributed by atoms with E-state index in [4.69, 9.17) is 16.1 Å². The molecule has 11 heavy (non-hydrogen) atoms. The van der Waals surface area contributed by atoms with E-state index in [1.807, 2.05) is 5.40 Å². The van der Waals surface area contributed by atoms with Gasteiger partial charge >= 0.3 is 0 Å². The molecule has 0 saturated carbocycles. The maximum absolute atomic E-state index is 8.99. The predicted octanol–water partition coefficient (Wildman–Crippen LogP) is 1.55. The molecule has 0 aliphatic heterocycles. The zero-order valence-electron chi connectivity index (χ0n) is 5.61. The molecule has 56 valence electrons. The Balaban J connectivity index is 3.05. The van der Waals surface area contributed by atoms with Crippen LogP contribution in [0.1, 0.15) is 0 Å². The third-order valence-electron chi connectivity index (χ3n) is 1.15. The first-order valence-electron chi connectivity index (χ1n) is 2.88. The van der Waals surface area contributed by atoms with E-state index in [2.05, 4.69) is 0 Å². The Hall–Kier alpha value is -1.34. The van der Waals surface area contributed by atoms with E-state index in [9.17, 15) is 0 Å². The minimum atomic E-state index is 0.122. The number of nitriles is 1. The highest BCUT2D eigenvalue weighted by atomic mass is 32.2. The summed E-state index contributed by atoms with van der Waals surface area (Å²) >= 11 is 0.937. The van der Waals surface area contributed by atoms with Gasteiger partial charge in [-0.25, -0.2) is 0 Å². The molecule has 0 aliphatic rings. The molecule has 1 aromatic carbocycles. The average Bonchev–Trinajstić information content (AvgIpc) is 1.98. The number of hydrogen-bond acceptors (Lipinski definition) is 4. The lowest BCUT2D eigenvalue weighted by molar-refractivity contribution is 0.474. The van der Waals surface area contributed by atoms with Gasteiger partial charge < -0.3 is 10.8 Å². The Morgan fingerprint density at radius 1 is 1.55 bits per heavy atom. The van der Waals surface area contributed by atoms with E-state index in [0.717, 1.165) is 11.8 Å². The van der Waals surface area contributed by atoms with Crippen LogP contribution in [0.2, 0.25) is 0 Å². The first-order chi connectivity index (χ1) is 5.24. The van der Waals surface area contributed by atoms with Crippen molar-refractivity contribution < 1.29 is 5.11 Å². The van der Waals surface area contributed by atoms with Crippen LogP contribution in [-0.4, -0.2) is 5.11 Å². The lowest BCUT2D eigenvalue weighted by Gasteiger charge is -1.99. The summed E-state index contributed by atoms with van der Waals surface area (Å²) in [5.41, 5.74) is 6.00. The zero-order valence-corrected chi connectivity index (χ0v) is 6.43. The number of anilines is 1. The Kier molecular flexibility index (Phi) is 2.24. The van der Waals surface area contributed by atoms with E-state index in [-0.39, 0.29) is 5.75 Å². The molecule has 0 fully saturated rings. The summed E-state index contributed by atoms with van der Waals surface area (Å²) in [5, 5.41) is 19.2. The molecule has 4 heteroatoms. The topological polar surface area (TPSA) is 70.0 Å². The third kappa shape index (κ3) is 1.79. The average molecular weight is 166 g/mol. The minimum absolute atomic E-state index is 0.122. The summed E-state index contributed by atoms with van der Waals surface area (Å²) in [4.78, 5) is 0.590. The maximum Gasteiger partial charge on any atom is 0.138 e. The van der Waals surface area contributed by atoms with Crippen LogP contribution in [0.25, 0.3) is 0 Å². The van der Waals surface area contributed by atoms with Crippen molar-refractivity contribution >= 4 is 17.4 Å². The van der Waals surface area contributed by atoms with Crippen molar-refractivity contribution in [1.82, 2.24) is 0 Å². The first kappa shape index (κ1) is 7.76. The second-order valence-electron chi connectivity index (χ2n) is 1.92. The van der Waals surface area contributed by atoms with Crippen LogP contribution in [0.4, 0.5) is 5.69 Å². The van der Waals surface area contributed by atoms with Gasteiger partial charge in [0.15, 0.2) is 0 Å². The molecule has 0 heterocycles. The molecule has 0 saturated heterocycles. The summed E-state index contributed by atoms with van der Waals surface area (Å²) < 4.78 is 0. The molecular weight excluding hydrogens is 160 g/mol. The van der Waals surface area contributed by atoms with Crippen molar-refractivity contribution in [2.45, 2.75) is 4.90 Å². The lowest BCUT2D eigenvalue weighted by Crippen LogP contribution is -1.86. The van der Waals surface area contributed by atoms with Crippen molar-refractivity contribution in [2.75, 3.05) is 5.73 Å². The number of thiocyanates is 1. The standard InChI is InChI=1S/C7H6N2OS/c8-4-11-7-3-5(10)1-2-6(7)9/h1-3,10H,9H2. The highest BCUT2D eigenvalue weighted by molar-refractivity contribution is 8.03. The summed E-state index contributed by atoms with van der Waals surface area (Å²) in [7, 11) is 0. The summed E-state index contributed by atoms with van der Waals surface area (Å²) in [6.07, 6.45) is 0. The fourth-order valence-electron chi connectivity index (χ4n) is 0.661. The summed E-state index contributed by atoms with van der Waals surface area (Å²) in [6, 6.07) is 4.51. The highest BCUT2D eigenvalue weighted by Crippen LogP contribution is 2.27. The van der Waals surface area contributed by atoms with E-state index < -0.39 is 0 Å². The molecule has 0 bridgehead atoms. The summed E-state index contributed by atoms with van der Waals surface area (Å²) in [6.45, 7) is 0. The van der Waals surface area contributed by atoms with Gasteiger partial charge in [0.25, 0.3) is 0 Å². The summed E-state index contributed by atoms with van der Waals surface area (Å²) in [5.74, 6) is 0.122. The molecule has 0 unspecified atom stereocenters. The molecule has 3 N–H and O–H groups in total. The second kappa shape index (κ2) is 3.17. The van der Waals surface area contributed by atoms with Crippen molar-refractivity contribution in [3.63, 3.8) is 0 Å². The van der Waals surface area contributed by atoms with Gasteiger partial charge in [-0.3, -0.25) is 0 Å². The number of hydrogen-bond donors (Lipinski definition) is 2. The van der Waals surface area contributed by atoms with Gasteiger partial charge in [0.2, 0.25) is 0 Å². The monoisotopic (exact) mass is 166 g/mol. The van der Waals surface area contributed by atoms with Gasteiger partial charge in [-0.05, 0) is 30.0 Å². The number of thioether (sulfide) groups is 1. The predicted molar refractivity (Wildman–Crippen MR) is 44.0 cm³/mol. The lowest BCUT2D eigenvalue weighted by atomic mass is 10.3. The van der Waals surface area contributed by atoms with Crippen molar-refractivity contribution in [3.05, 3.63) is 18.2 Å². The van der Waals surface area contributed by atoms with Crippen LogP contribution >= 0.6 is 11.8 Å². The molecule has 0 spiro atoms. The molecule has 1 aromatic rings. The van der Waals surface area contributed by atoms with Crippen molar-refractivity contribution in [1.29, 1.82) is 5.26 Å². The molecular formula is C7H6N2OS. The molecule has 0 amide bonds. The molecule has 3 nitrogen and oxygen atoms in total. The molecule has 0 aliphatic carbocycles. The Morgan fingerprint density at radius 3 is 2.91 bits per heavy atom. The van der Waals surface area contributed by atoms with Gasteiger partial charge in [-0.15, -0.1) is 0 Å². The fourth-order valence-corrected chi connectivity index (χ4v) is 1.12. The number of rotatable bonds is 1. The van der Waals surface area contributed by atoms with Crippen LogP contribution in [0.3, 0.4) is 0 Å². The Morgan fingerprint density at radius 2 is 2.27 bits per heavy atom. The second-order valence-corrected chi connectivity index (χ2v) is 2.74. The number of nitrogen functional groups attached to an aromatic ring is 1. The van der Waals surface area contributed by atoms with Crippen LogP contribution in [0.15, 0.2) is 23.1 Å². The van der Waals surface area contributed by atoms with Crippen LogP contribution in [-0.2, 0) is 0 Å². The number of aromatic hydroxyl groups is 1. The van der Waals surface area contributed by atoms with Gasteiger partial charge in [-0.2, -0.15) is 5.26 Å². The number of nitrogens with zero attached hydrogens (tertiary/aromatic N) is 1. The van der Waals surface area contributed by atoms with Crippen molar-refractivity contribution in [3.8, 4) is 11.2 Å². The van der Waals surface area contributed by atoms with E-state index in [1.165, 1.54) is 12.1 Å². The van der Waals surface area contributed by atoms with Crippen LogP contribution < -0.4 is 5.73 Å². The third-order valence-corrected chi connectivity index (χ3v) is 1.82. The van der Waals surface area contributed by atoms with Gasteiger partial charge in [-0.1, -0.05) is 0 Å². The van der Waals surface area contributed by atoms with E-state index in [1.54, 1.807) is 6.07 Å². The van der Waals surface area contributed by atoms with Gasteiger partial charge in [0.05, 0.1) is 0 Å². The van der Waals surface area contributed by atoms with Crippen molar-refractivity contribution in [2.24, 2.45) is 0 Å².